The largest absolute Gasteiger partial charge is 0.507 e. The summed E-state index contributed by atoms with van der Waals surface area (Å²) in [5.74, 6) is 3.11. The molecule has 0 aliphatic heterocycles. The van der Waals surface area contributed by atoms with Crippen molar-refractivity contribution < 1.29 is 29.3 Å². The van der Waals surface area contributed by atoms with Crippen LogP contribution in [0, 0.1) is 22.7 Å². The summed E-state index contributed by atoms with van der Waals surface area (Å²) in [5, 5.41) is 22.2. The molecule has 0 radical (unpaired) electrons. The minimum Gasteiger partial charge on any atom is -0.507 e. The van der Waals surface area contributed by atoms with Crippen LogP contribution in [-0.2, 0) is 53.6 Å². The highest BCUT2D eigenvalue weighted by molar-refractivity contribution is 8.02. The lowest BCUT2D eigenvalue weighted by atomic mass is 9.76. The van der Waals surface area contributed by atoms with Gasteiger partial charge in [0.05, 0.1) is 25.0 Å². The maximum Gasteiger partial charge on any atom is 0.309 e. The Morgan fingerprint density at radius 3 is 1.00 bits per heavy atom. The van der Waals surface area contributed by atoms with Crippen LogP contribution in [0.1, 0.15) is 158 Å². The first kappa shape index (κ1) is 49.8. The topological polar surface area (TPSA) is 93.1 Å². The molecule has 0 amide bonds. The maximum absolute atomic E-state index is 13.0. The number of ether oxygens (including phenoxy) is 2. The molecule has 0 bridgehead atoms. The highest BCUT2D eigenvalue weighted by Gasteiger charge is 2.31. The van der Waals surface area contributed by atoms with Crippen LogP contribution in [0.25, 0.3) is 0 Å². The average molecular weight is 815 g/mol. The minimum atomic E-state index is -0.271. The van der Waals surface area contributed by atoms with Crippen LogP contribution >= 0.6 is 23.5 Å². The van der Waals surface area contributed by atoms with Gasteiger partial charge in [-0.1, -0.05) is 149 Å². The van der Waals surface area contributed by atoms with Gasteiger partial charge in [-0.15, -0.1) is 0 Å². The molecule has 0 fully saturated rings. The molecule has 0 heterocycles. The standard InChI is InChI=1S/C48H78O6S2/c1-31(41(51)53-29-47(15,16)25-33-21-35(43(3,4)5)39(49)36(22-33)44(6,7)8)27-55-19-20-56-28-32(2)42(52)54-30-48(17,18)26-34-23-37(45(9,10)11)40(50)38(24-34)46(12,13)14/h21-24,31-32,49-50H,19-20,25-30H2,1-18H3. The van der Waals surface area contributed by atoms with Gasteiger partial charge >= 0.3 is 11.9 Å². The van der Waals surface area contributed by atoms with E-state index in [2.05, 4.69) is 135 Å². The summed E-state index contributed by atoms with van der Waals surface area (Å²) < 4.78 is 11.7. The Balaban J connectivity index is 1.80. The van der Waals surface area contributed by atoms with Crippen LogP contribution < -0.4 is 0 Å². The van der Waals surface area contributed by atoms with Gasteiger partial charge in [0.25, 0.3) is 0 Å². The molecule has 6 nitrogen and oxygen atoms in total. The fraction of sp³-hybridized carbons (Fsp3) is 0.708. The van der Waals surface area contributed by atoms with Crippen LogP contribution in [-0.4, -0.2) is 58.4 Å². The first-order valence-electron chi connectivity index (χ1n) is 20.5. The van der Waals surface area contributed by atoms with Crippen molar-refractivity contribution in [2.75, 3.05) is 36.2 Å². The van der Waals surface area contributed by atoms with Crippen molar-refractivity contribution in [2.45, 2.75) is 159 Å². The number of phenolic OH excluding ortho intramolecular Hbond substituents is 2. The van der Waals surface area contributed by atoms with Crippen LogP contribution in [0.3, 0.4) is 0 Å². The summed E-state index contributed by atoms with van der Waals surface area (Å²) in [5.41, 5.74) is 4.71. The Bertz CT molecular complexity index is 1440. The summed E-state index contributed by atoms with van der Waals surface area (Å²) in [4.78, 5) is 25.9. The van der Waals surface area contributed by atoms with Crippen molar-refractivity contribution in [3.05, 3.63) is 57.6 Å². The number of esters is 2. The number of hydrogen-bond acceptors (Lipinski definition) is 8. The van der Waals surface area contributed by atoms with E-state index in [0.717, 1.165) is 57.7 Å². The normalized spacial score (nSPS) is 14.4. The molecule has 56 heavy (non-hydrogen) atoms. The van der Waals surface area contributed by atoms with Crippen LogP contribution in [0.15, 0.2) is 24.3 Å². The van der Waals surface area contributed by atoms with Crippen molar-refractivity contribution in [3.8, 4) is 11.5 Å². The van der Waals surface area contributed by atoms with Gasteiger partial charge in [0, 0.05) is 33.8 Å². The van der Waals surface area contributed by atoms with E-state index in [1.807, 2.05) is 13.8 Å². The van der Waals surface area contributed by atoms with Gasteiger partial charge in [-0.05, 0) is 67.9 Å². The van der Waals surface area contributed by atoms with Crippen molar-refractivity contribution in [2.24, 2.45) is 22.7 Å². The number of carbonyl (C=O) groups is 2. The number of rotatable bonds is 17. The molecule has 2 aromatic rings. The zero-order valence-corrected chi connectivity index (χ0v) is 40.1. The first-order chi connectivity index (χ1) is 25.2. The number of thioether (sulfide) groups is 2. The third-order valence-corrected chi connectivity index (χ3v) is 12.8. The summed E-state index contributed by atoms with van der Waals surface area (Å²) in [6.07, 6.45) is 1.46. The number of carbonyl (C=O) groups excluding carboxylic acids is 2. The summed E-state index contributed by atoms with van der Waals surface area (Å²) in [6.45, 7) is 38.4. The second-order valence-electron chi connectivity index (χ2n) is 21.9. The van der Waals surface area contributed by atoms with E-state index in [9.17, 15) is 19.8 Å². The van der Waals surface area contributed by atoms with Crippen molar-refractivity contribution >= 4 is 35.5 Å². The van der Waals surface area contributed by atoms with Gasteiger partial charge in [0.1, 0.15) is 11.5 Å². The Morgan fingerprint density at radius 1 is 0.518 bits per heavy atom. The quantitative estimate of drug-likeness (QED) is 0.120. The lowest BCUT2D eigenvalue weighted by molar-refractivity contribution is -0.151. The van der Waals surface area contributed by atoms with Crippen molar-refractivity contribution in [1.29, 1.82) is 0 Å². The molecule has 0 aliphatic carbocycles. The number of aromatic hydroxyl groups is 2. The summed E-state index contributed by atoms with van der Waals surface area (Å²) in [6, 6.07) is 8.45. The van der Waals surface area contributed by atoms with Crippen LogP contribution in [0.4, 0.5) is 0 Å². The number of benzene rings is 2. The highest BCUT2D eigenvalue weighted by atomic mass is 32.2. The molecule has 0 spiro atoms. The molecule has 2 atom stereocenters. The monoisotopic (exact) mass is 815 g/mol. The lowest BCUT2D eigenvalue weighted by Crippen LogP contribution is -2.28. The third kappa shape index (κ3) is 15.5. The van der Waals surface area contributed by atoms with Gasteiger partial charge in [0.2, 0.25) is 0 Å². The van der Waals surface area contributed by atoms with Crippen LogP contribution in [0.2, 0.25) is 0 Å². The van der Waals surface area contributed by atoms with E-state index in [1.54, 1.807) is 23.5 Å². The lowest BCUT2D eigenvalue weighted by Gasteiger charge is -2.30. The predicted octanol–water partition coefficient (Wildman–Crippen LogP) is 12.0. The van der Waals surface area contributed by atoms with Gasteiger partial charge in [0.15, 0.2) is 0 Å². The Kier molecular flexibility index (Phi) is 17.1. The maximum atomic E-state index is 13.0. The SMILES string of the molecule is CC(CSCCSCC(C)C(=O)OCC(C)(C)Cc1cc(C(C)(C)C)c(O)c(C(C)(C)C)c1)C(=O)OCC(C)(C)Cc1cc(C(C)(C)C)c(O)c(C(C)(C)C)c1. The third-order valence-electron chi connectivity index (χ3n) is 10.1. The summed E-state index contributed by atoms with van der Waals surface area (Å²) in [7, 11) is 0. The number of hydrogen-bond donors (Lipinski definition) is 2. The van der Waals surface area contributed by atoms with E-state index in [-0.39, 0.29) is 56.3 Å². The molecular formula is C48H78O6S2. The second-order valence-corrected chi connectivity index (χ2v) is 24.2. The summed E-state index contributed by atoms with van der Waals surface area (Å²) >= 11 is 3.48. The van der Waals surface area contributed by atoms with Gasteiger partial charge in [-0.3, -0.25) is 9.59 Å². The first-order valence-corrected chi connectivity index (χ1v) is 22.8. The fourth-order valence-corrected chi connectivity index (χ4v) is 8.93. The highest BCUT2D eigenvalue weighted by Crippen LogP contribution is 2.42. The van der Waals surface area contributed by atoms with Gasteiger partial charge < -0.3 is 19.7 Å². The molecule has 2 N–H and O–H groups in total. The molecular weight excluding hydrogens is 737 g/mol. The van der Waals surface area contributed by atoms with Gasteiger partial charge in [-0.25, -0.2) is 0 Å². The Morgan fingerprint density at radius 2 is 0.768 bits per heavy atom. The fourth-order valence-electron chi connectivity index (χ4n) is 6.68. The zero-order chi connectivity index (χ0) is 43.2. The van der Waals surface area contributed by atoms with E-state index in [0.29, 0.717) is 36.2 Å². The van der Waals surface area contributed by atoms with Crippen molar-refractivity contribution in [3.63, 3.8) is 0 Å². The van der Waals surface area contributed by atoms with E-state index in [4.69, 9.17) is 9.47 Å². The Labute approximate surface area is 350 Å². The smallest absolute Gasteiger partial charge is 0.309 e. The predicted molar refractivity (Wildman–Crippen MR) is 241 cm³/mol. The molecule has 2 aromatic carbocycles. The second kappa shape index (κ2) is 19.2. The Hall–Kier alpha value is -2.32. The molecule has 318 valence electrons. The molecule has 0 saturated carbocycles. The van der Waals surface area contributed by atoms with Gasteiger partial charge in [-0.2, -0.15) is 23.5 Å². The van der Waals surface area contributed by atoms with E-state index in [1.165, 1.54) is 0 Å². The molecule has 0 saturated heterocycles. The molecule has 2 unspecified atom stereocenters. The van der Waals surface area contributed by atoms with Crippen LogP contribution in [0.5, 0.6) is 11.5 Å². The van der Waals surface area contributed by atoms with E-state index >= 15 is 0 Å². The molecule has 0 aromatic heterocycles. The number of phenols is 2. The molecule has 8 heteroatoms. The van der Waals surface area contributed by atoms with Crippen molar-refractivity contribution in [1.82, 2.24) is 0 Å². The van der Waals surface area contributed by atoms with E-state index < -0.39 is 0 Å². The molecule has 2 rings (SSSR count). The average Bonchev–Trinajstić information content (AvgIpc) is 3.03. The zero-order valence-electron chi connectivity index (χ0n) is 38.5. The molecule has 0 aliphatic rings. The minimum absolute atomic E-state index is 0.177.